The van der Waals surface area contributed by atoms with E-state index in [0.29, 0.717) is 5.56 Å². The van der Waals surface area contributed by atoms with Crippen molar-refractivity contribution >= 4 is 5.78 Å². The van der Waals surface area contributed by atoms with Crippen molar-refractivity contribution in [3.63, 3.8) is 0 Å². The van der Waals surface area contributed by atoms with Crippen molar-refractivity contribution in [3.8, 4) is 0 Å². The normalized spacial score (nSPS) is 18.3. The molecule has 0 amide bonds. The molecule has 1 atom stereocenters. The van der Waals surface area contributed by atoms with E-state index in [1.54, 1.807) is 19.9 Å². The highest BCUT2D eigenvalue weighted by Crippen LogP contribution is 2.29. The van der Waals surface area contributed by atoms with Gasteiger partial charge in [0.2, 0.25) is 0 Å². The van der Waals surface area contributed by atoms with Gasteiger partial charge in [0.05, 0.1) is 5.56 Å². The van der Waals surface area contributed by atoms with Crippen LogP contribution in [0.2, 0.25) is 0 Å². The average Bonchev–Trinajstić information content (AvgIpc) is 2.37. The molecule has 1 N–H and O–H groups in total. The first kappa shape index (κ1) is 14.2. The van der Waals surface area contributed by atoms with E-state index in [1.165, 1.54) is 6.07 Å². The van der Waals surface area contributed by atoms with E-state index in [9.17, 15) is 14.3 Å². The number of benzene rings is 1. The van der Waals surface area contributed by atoms with Gasteiger partial charge in [-0.15, -0.1) is 0 Å². The fourth-order valence-electron chi connectivity index (χ4n) is 3.04. The van der Waals surface area contributed by atoms with Crippen LogP contribution in [-0.2, 0) is 0 Å². The molecule has 0 aliphatic heterocycles. The standard InChI is InChI=1S/C16H21FO2/c1-10-8-11(2)14(13(17)9-10)16(19)15(18)12-6-4-3-5-7-12/h8-9,12,15,18H,3-7H2,1-2H3. The Morgan fingerprint density at radius 3 is 2.47 bits per heavy atom. The van der Waals surface area contributed by atoms with Gasteiger partial charge in [-0.3, -0.25) is 4.79 Å². The molecule has 0 aromatic heterocycles. The zero-order valence-electron chi connectivity index (χ0n) is 11.6. The lowest BCUT2D eigenvalue weighted by Gasteiger charge is -2.26. The molecule has 1 aliphatic carbocycles. The summed E-state index contributed by atoms with van der Waals surface area (Å²) in [7, 11) is 0. The molecule has 3 heteroatoms. The van der Waals surface area contributed by atoms with Crippen molar-refractivity contribution in [2.24, 2.45) is 5.92 Å². The zero-order chi connectivity index (χ0) is 14.0. The number of hydrogen-bond donors (Lipinski definition) is 1. The molecule has 2 rings (SSSR count). The minimum absolute atomic E-state index is 0.0126. The molecule has 104 valence electrons. The van der Waals surface area contributed by atoms with Crippen LogP contribution in [0.1, 0.15) is 53.6 Å². The van der Waals surface area contributed by atoms with Crippen LogP contribution in [0.5, 0.6) is 0 Å². The maximum absolute atomic E-state index is 14.0. The van der Waals surface area contributed by atoms with Crippen molar-refractivity contribution in [1.82, 2.24) is 0 Å². The Morgan fingerprint density at radius 1 is 1.26 bits per heavy atom. The van der Waals surface area contributed by atoms with Gasteiger partial charge in [0.25, 0.3) is 0 Å². The first-order valence-corrected chi connectivity index (χ1v) is 6.99. The second-order valence-electron chi connectivity index (χ2n) is 5.65. The number of carbonyl (C=O) groups excluding carboxylic acids is 1. The molecule has 19 heavy (non-hydrogen) atoms. The molecule has 1 unspecified atom stereocenters. The average molecular weight is 264 g/mol. The Kier molecular flexibility index (Phi) is 4.35. The van der Waals surface area contributed by atoms with Gasteiger partial charge in [-0.2, -0.15) is 0 Å². The summed E-state index contributed by atoms with van der Waals surface area (Å²) in [5.74, 6) is -0.986. The van der Waals surface area contributed by atoms with Gasteiger partial charge in [0.1, 0.15) is 11.9 Å². The smallest absolute Gasteiger partial charge is 0.194 e. The number of ketones is 1. The molecule has 1 aromatic carbocycles. The Bertz CT molecular complexity index is 453. The second-order valence-corrected chi connectivity index (χ2v) is 5.65. The number of rotatable bonds is 3. The van der Waals surface area contributed by atoms with Gasteiger partial charge in [0.15, 0.2) is 5.78 Å². The Morgan fingerprint density at radius 2 is 1.89 bits per heavy atom. The summed E-state index contributed by atoms with van der Waals surface area (Å²) in [5, 5.41) is 10.2. The van der Waals surface area contributed by atoms with Crippen molar-refractivity contribution in [3.05, 3.63) is 34.6 Å². The molecular weight excluding hydrogens is 243 g/mol. The number of aliphatic hydroxyl groups is 1. The summed E-state index contributed by atoms with van der Waals surface area (Å²) in [6, 6.07) is 3.14. The molecule has 1 aromatic rings. The van der Waals surface area contributed by atoms with Crippen molar-refractivity contribution in [1.29, 1.82) is 0 Å². The highest BCUT2D eigenvalue weighted by molar-refractivity contribution is 6.01. The molecular formula is C16H21FO2. The number of hydrogen-bond acceptors (Lipinski definition) is 2. The number of aryl methyl sites for hydroxylation is 2. The Balaban J connectivity index is 2.23. The molecule has 1 aliphatic rings. The van der Waals surface area contributed by atoms with Crippen LogP contribution in [0.3, 0.4) is 0 Å². The van der Waals surface area contributed by atoms with E-state index in [0.717, 1.165) is 37.7 Å². The summed E-state index contributed by atoms with van der Waals surface area (Å²) >= 11 is 0. The number of Topliss-reactive ketones (excluding diaryl/α,β-unsaturated/α-hetero) is 1. The third-order valence-corrected chi connectivity index (χ3v) is 4.04. The highest BCUT2D eigenvalue weighted by atomic mass is 19.1. The predicted molar refractivity (Wildman–Crippen MR) is 72.8 cm³/mol. The third kappa shape index (κ3) is 3.03. The van der Waals surface area contributed by atoms with Gasteiger partial charge in [0, 0.05) is 0 Å². The lowest BCUT2D eigenvalue weighted by molar-refractivity contribution is 0.0530. The largest absolute Gasteiger partial charge is 0.385 e. The van der Waals surface area contributed by atoms with E-state index < -0.39 is 17.7 Å². The fraction of sp³-hybridized carbons (Fsp3) is 0.562. The maximum atomic E-state index is 14.0. The van der Waals surface area contributed by atoms with Crippen LogP contribution in [0.25, 0.3) is 0 Å². The van der Waals surface area contributed by atoms with Crippen molar-refractivity contribution in [2.75, 3.05) is 0 Å². The lowest BCUT2D eigenvalue weighted by atomic mass is 9.82. The topological polar surface area (TPSA) is 37.3 Å². The SMILES string of the molecule is Cc1cc(C)c(C(=O)C(O)C2CCCCC2)c(F)c1. The van der Waals surface area contributed by atoms with E-state index >= 15 is 0 Å². The molecule has 0 heterocycles. The van der Waals surface area contributed by atoms with Crippen LogP contribution in [0.4, 0.5) is 4.39 Å². The molecule has 0 spiro atoms. The maximum Gasteiger partial charge on any atom is 0.194 e. The quantitative estimate of drug-likeness (QED) is 0.847. The number of halogens is 1. The highest BCUT2D eigenvalue weighted by Gasteiger charge is 2.30. The minimum atomic E-state index is -1.06. The van der Waals surface area contributed by atoms with Gasteiger partial charge in [-0.25, -0.2) is 4.39 Å². The van der Waals surface area contributed by atoms with Crippen LogP contribution < -0.4 is 0 Å². The van der Waals surface area contributed by atoms with Gasteiger partial charge >= 0.3 is 0 Å². The first-order chi connectivity index (χ1) is 9.00. The number of carbonyl (C=O) groups is 1. The monoisotopic (exact) mass is 264 g/mol. The molecule has 1 fully saturated rings. The third-order valence-electron chi connectivity index (χ3n) is 4.04. The molecule has 0 radical (unpaired) electrons. The van der Waals surface area contributed by atoms with Crippen LogP contribution in [0.15, 0.2) is 12.1 Å². The Hall–Kier alpha value is -1.22. The zero-order valence-corrected chi connectivity index (χ0v) is 11.6. The molecule has 2 nitrogen and oxygen atoms in total. The van der Waals surface area contributed by atoms with Crippen LogP contribution in [-0.4, -0.2) is 17.0 Å². The van der Waals surface area contributed by atoms with Gasteiger partial charge < -0.3 is 5.11 Å². The van der Waals surface area contributed by atoms with E-state index in [4.69, 9.17) is 0 Å². The summed E-state index contributed by atoms with van der Waals surface area (Å²) in [6.45, 7) is 3.51. The number of aliphatic hydroxyl groups excluding tert-OH is 1. The van der Waals surface area contributed by atoms with E-state index in [1.807, 2.05) is 0 Å². The summed E-state index contributed by atoms with van der Waals surface area (Å²) in [4.78, 5) is 12.3. The van der Waals surface area contributed by atoms with Crippen molar-refractivity contribution < 1.29 is 14.3 Å². The summed E-state index contributed by atoms with van der Waals surface area (Å²) < 4.78 is 14.0. The second kappa shape index (κ2) is 5.83. The molecule has 1 saturated carbocycles. The van der Waals surface area contributed by atoms with Gasteiger partial charge in [-0.1, -0.05) is 25.3 Å². The van der Waals surface area contributed by atoms with E-state index in [2.05, 4.69) is 0 Å². The minimum Gasteiger partial charge on any atom is -0.385 e. The van der Waals surface area contributed by atoms with Gasteiger partial charge in [-0.05, 0) is 49.8 Å². The fourth-order valence-corrected chi connectivity index (χ4v) is 3.04. The molecule has 0 bridgehead atoms. The summed E-state index contributed by atoms with van der Waals surface area (Å²) in [5.41, 5.74) is 1.46. The predicted octanol–water partition coefficient (Wildman–Crippen LogP) is 3.57. The first-order valence-electron chi connectivity index (χ1n) is 6.99. The van der Waals surface area contributed by atoms with Crippen LogP contribution in [0, 0.1) is 25.6 Å². The van der Waals surface area contributed by atoms with Crippen LogP contribution >= 0.6 is 0 Å². The lowest BCUT2D eigenvalue weighted by Crippen LogP contribution is -2.32. The molecule has 0 saturated heterocycles. The summed E-state index contributed by atoms with van der Waals surface area (Å²) in [6.07, 6.45) is 3.92. The Labute approximate surface area is 113 Å². The van der Waals surface area contributed by atoms with Crippen molar-refractivity contribution in [2.45, 2.75) is 52.1 Å². The van der Waals surface area contributed by atoms with E-state index in [-0.39, 0.29) is 11.5 Å².